The van der Waals surface area contributed by atoms with Crippen LogP contribution in [0.5, 0.6) is 5.75 Å². The maximum Gasteiger partial charge on any atom is 0.355 e. The number of ether oxygens (including phenoxy) is 2. The Morgan fingerprint density at radius 3 is 2.29 bits per heavy atom. The molecule has 0 saturated carbocycles. The van der Waals surface area contributed by atoms with Crippen LogP contribution < -0.4 is 4.90 Å². The number of allylic oxidation sites excluding steroid dienone is 2. The van der Waals surface area contributed by atoms with Crippen molar-refractivity contribution in [2.24, 2.45) is 0 Å². The van der Waals surface area contributed by atoms with Crippen LogP contribution in [0.15, 0.2) is 47.8 Å². The van der Waals surface area contributed by atoms with Crippen molar-refractivity contribution in [1.82, 2.24) is 0 Å². The smallest absolute Gasteiger partial charge is 0.355 e. The lowest BCUT2D eigenvalue weighted by molar-refractivity contribution is -0.385. The van der Waals surface area contributed by atoms with Crippen molar-refractivity contribution in [3.63, 3.8) is 0 Å². The highest BCUT2D eigenvalue weighted by Gasteiger charge is 2.31. The normalized spacial score (nSPS) is 13.1. The van der Waals surface area contributed by atoms with Crippen LogP contribution in [0, 0.1) is 10.1 Å². The molecule has 0 aromatic heterocycles. The number of carboxylic acid groups (broad SMARTS) is 1. The number of methoxy groups -OCH3 is 2. The van der Waals surface area contributed by atoms with E-state index in [0.717, 1.165) is 31.3 Å². The first-order chi connectivity index (χ1) is 13.2. The molecule has 0 fully saturated rings. The molecule has 2 rings (SSSR count). The molecule has 1 aromatic carbocycles. The third-order valence-electron chi connectivity index (χ3n) is 3.67. The second-order valence-corrected chi connectivity index (χ2v) is 5.24. The van der Waals surface area contributed by atoms with Crippen LogP contribution in [0.25, 0.3) is 0 Å². The molecule has 0 unspecified atom stereocenters. The SMILES string of the molecule is COC(=O)C1=C(C(=O)OC)N(c2cc(C(=O)O)c(O)c([N+](=O)[O-])c2)C=CC=C1. The van der Waals surface area contributed by atoms with Crippen molar-refractivity contribution < 1.29 is 39.0 Å². The summed E-state index contributed by atoms with van der Waals surface area (Å²) in [6.07, 6.45) is 5.34. The van der Waals surface area contributed by atoms with E-state index in [1.165, 1.54) is 24.4 Å². The highest BCUT2D eigenvalue weighted by molar-refractivity contribution is 6.06. The number of nitro benzene ring substituents is 1. The summed E-state index contributed by atoms with van der Waals surface area (Å²) in [4.78, 5) is 47.1. The summed E-state index contributed by atoms with van der Waals surface area (Å²) in [7, 11) is 2.15. The summed E-state index contributed by atoms with van der Waals surface area (Å²) in [5, 5.41) is 30.3. The van der Waals surface area contributed by atoms with E-state index >= 15 is 0 Å². The molecule has 28 heavy (non-hydrogen) atoms. The number of carbonyl (C=O) groups excluding carboxylic acids is 2. The summed E-state index contributed by atoms with van der Waals surface area (Å²) in [6, 6.07) is 1.77. The number of nitrogens with zero attached hydrogens (tertiary/aromatic N) is 2. The Bertz CT molecular complexity index is 924. The van der Waals surface area contributed by atoms with Crippen molar-refractivity contribution in [1.29, 1.82) is 0 Å². The maximum absolute atomic E-state index is 12.3. The monoisotopic (exact) mass is 390 g/mol. The van der Waals surface area contributed by atoms with E-state index in [2.05, 4.69) is 9.47 Å². The number of hydrogen-bond acceptors (Lipinski definition) is 9. The zero-order valence-electron chi connectivity index (χ0n) is 14.6. The number of carbonyl (C=O) groups is 3. The molecule has 0 bridgehead atoms. The van der Waals surface area contributed by atoms with Crippen molar-refractivity contribution in [3.05, 3.63) is 63.5 Å². The number of anilines is 1. The molecule has 0 saturated heterocycles. The third-order valence-corrected chi connectivity index (χ3v) is 3.67. The lowest BCUT2D eigenvalue weighted by atomic mass is 10.1. The Morgan fingerprint density at radius 1 is 1.11 bits per heavy atom. The zero-order valence-corrected chi connectivity index (χ0v) is 14.6. The first-order valence-electron chi connectivity index (χ1n) is 7.52. The van der Waals surface area contributed by atoms with Crippen LogP contribution in [-0.2, 0) is 19.1 Å². The van der Waals surface area contributed by atoms with Crippen molar-refractivity contribution in [2.75, 3.05) is 19.1 Å². The number of carboxylic acids is 1. The van der Waals surface area contributed by atoms with Crippen LogP contribution >= 0.6 is 0 Å². The Hall–Kier alpha value is -4.15. The van der Waals surface area contributed by atoms with Crippen LogP contribution in [0.3, 0.4) is 0 Å². The molecule has 0 amide bonds. The number of esters is 2. The molecule has 11 nitrogen and oxygen atoms in total. The molecule has 0 aliphatic carbocycles. The van der Waals surface area contributed by atoms with Gasteiger partial charge in [0.2, 0.25) is 5.75 Å². The van der Waals surface area contributed by atoms with Gasteiger partial charge >= 0.3 is 23.6 Å². The highest BCUT2D eigenvalue weighted by Crippen LogP contribution is 2.37. The molecule has 1 aliphatic heterocycles. The molecular weight excluding hydrogens is 376 g/mol. The van der Waals surface area contributed by atoms with Crippen LogP contribution in [0.1, 0.15) is 10.4 Å². The molecule has 1 aromatic rings. The molecule has 0 spiro atoms. The largest absolute Gasteiger partial charge is 0.501 e. The number of aromatic carboxylic acids is 1. The van der Waals surface area contributed by atoms with Gasteiger partial charge in [0.15, 0.2) is 0 Å². The van der Waals surface area contributed by atoms with Gasteiger partial charge in [-0.2, -0.15) is 0 Å². The minimum absolute atomic E-state index is 0.177. The maximum atomic E-state index is 12.3. The number of aromatic hydroxyl groups is 1. The van der Waals surface area contributed by atoms with E-state index in [1.54, 1.807) is 0 Å². The predicted molar refractivity (Wildman–Crippen MR) is 93.5 cm³/mol. The lowest BCUT2D eigenvalue weighted by Gasteiger charge is -2.23. The topological polar surface area (TPSA) is 157 Å². The van der Waals surface area contributed by atoms with Gasteiger partial charge in [-0.1, -0.05) is 6.08 Å². The van der Waals surface area contributed by atoms with Gasteiger partial charge in [-0.05, 0) is 18.2 Å². The Balaban J connectivity index is 2.83. The minimum Gasteiger partial charge on any atom is -0.501 e. The van der Waals surface area contributed by atoms with Gasteiger partial charge in [0, 0.05) is 12.3 Å². The number of rotatable bonds is 5. The van der Waals surface area contributed by atoms with E-state index in [1.807, 2.05) is 0 Å². The first-order valence-corrected chi connectivity index (χ1v) is 7.52. The van der Waals surface area contributed by atoms with Gasteiger partial charge in [-0.25, -0.2) is 14.4 Å². The summed E-state index contributed by atoms with van der Waals surface area (Å²) < 4.78 is 9.33. The summed E-state index contributed by atoms with van der Waals surface area (Å²) in [5.74, 6) is -4.55. The van der Waals surface area contributed by atoms with Gasteiger partial charge < -0.3 is 24.6 Å². The van der Waals surface area contributed by atoms with E-state index in [-0.39, 0.29) is 17.0 Å². The molecule has 1 heterocycles. The Morgan fingerprint density at radius 2 is 1.75 bits per heavy atom. The second-order valence-electron chi connectivity index (χ2n) is 5.24. The van der Waals surface area contributed by atoms with E-state index in [9.17, 15) is 34.7 Å². The van der Waals surface area contributed by atoms with E-state index < -0.39 is 39.8 Å². The molecule has 146 valence electrons. The summed E-state index contributed by atoms with van der Waals surface area (Å²) >= 11 is 0. The Kier molecular flexibility index (Phi) is 5.79. The van der Waals surface area contributed by atoms with Gasteiger partial charge in [0.25, 0.3) is 0 Å². The third kappa shape index (κ3) is 3.67. The molecular formula is C17H14N2O9. The summed E-state index contributed by atoms with van der Waals surface area (Å²) in [6.45, 7) is 0. The van der Waals surface area contributed by atoms with Gasteiger partial charge in [-0.15, -0.1) is 0 Å². The van der Waals surface area contributed by atoms with Crippen molar-refractivity contribution in [3.8, 4) is 5.75 Å². The van der Waals surface area contributed by atoms with Crippen LogP contribution in [0.4, 0.5) is 11.4 Å². The molecule has 0 radical (unpaired) electrons. The number of hydrogen-bond donors (Lipinski definition) is 2. The number of nitro groups is 1. The molecule has 1 aliphatic rings. The number of benzene rings is 1. The minimum atomic E-state index is -1.63. The van der Waals surface area contributed by atoms with Crippen molar-refractivity contribution >= 4 is 29.3 Å². The van der Waals surface area contributed by atoms with Crippen LogP contribution in [0.2, 0.25) is 0 Å². The van der Waals surface area contributed by atoms with Gasteiger partial charge in [0.1, 0.15) is 11.3 Å². The Labute approximate surface area is 157 Å². The quantitative estimate of drug-likeness (QED) is 0.429. The highest BCUT2D eigenvalue weighted by atomic mass is 16.6. The first kappa shape index (κ1) is 20.2. The second kappa shape index (κ2) is 8.03. The number of phenols is 1. The standard InChI is InChI=1S/C17H14N2O9/c1-27-16(23)10-5-3-4-6-18(13(10)17(24)28-2)9-7-11(15(21)22)14(20)12(8-9)19(25)26/h3-8,20H,1-2H3,(H,21,22). The fourth-order valence-corrected chi connectivity index (χ4v) is 2.41. The fraction of sp³-hybridized carbons (Fsp3) is 0.118. The van der Waals surface area contributed by atoms with Crippen LogP contribution in [-0.4, -0.2) is 47.3 Å². The molecule has 0 atom stereocenters. The average molecular weight is 390 g/mol. The van der Waals surface area contributed by atoms with Gasteiger partial charge in [-0.3, -0.25) is 10.1 Å². The molecule has 11 heteroatoms. The fourth-order valence-electron chi connectivity index (χ4n) is 2.41. The van der Waals surface area contributed by atoms with Gasteiger partial charge in [0.05, 0.1) is 30.4 Å². The zero-order chi connectivity index (χ0) is 21.0. The lowest BCUT2D eigenvalue weighted by Crippen LogP contribution is -2.27. The van der Waals surface area contributed by atoms with E-state index in [4.69, 9.17) is 0 Å². The summed E-state index contributed by atoms with van der Waals surface area (Å²) in [5.41, 5.74) is -2.44. The van der Waals surface area contributed by atoms with Crippen molar-refractivity contribution in [2.45, 2.75) is 0 Å². The van der Waals surface area contributed by atoms with E-state index in [0.29, 0.717) is 0 Å². The average Bonchev–Trinajstić information content (AvgIpc) is 2.89. The predicted octanol–water partition coefficient (Wildman–Crippen LogP) is 1.49. The molecule has 2 N–H and O–H groups in total.